The molecule has 0 aliphatic heterocycles. The summed E-state index contributed by atoms with van der Waals surface area (Å²) in [7, 11) is 6.04. The van der Waals surface area contributed by atoms with Crippen LogP contribution < -0.4 is 10.1 Å². The van der Waals surface area contributed by atoms with Gasteiger partial charge in [-0.2, -0.15) is 0 Å². The zero-order valence-corrected chi connectivity index (χ0v) is 17.3. The molecule has 4 aromatic rings. The Bertz CT molecular complexity index is 1210. The number of carbonyl (C=O) groups excluding carboxylic acids is 1. The molecule has 0 unspecified atom stereocenters. The lowest BCUT2D eigenvalue weighted by Crippen LogP contribution is -2.34. The number of benzene rings is 2. The van der Waals surface area contributed by atoms with Gasteiger partial charge in [-0.05, 0) is 62.3 Å². The molecule has 2 aromatic heterocycles. The topological polar surface area (TPSA) is 59.4 Å². The van der Waals surface area contributed by atoms with Gasteiger partial charge < -0.3 is 19.5 Å². The van der Waals surface area contributed by atoms with Crippen LogP contribution in [0.5, 0.6) is 5.75 Å². The minimum atomic E-state index is -0.113. The van der Waals surface area contributed by atoms with Crippen LogP contribution >= 0.6 is 0 Å². The fraction of sp³-hybridized carbons (Fsp3) is 0.304. The van der Waals surface area contributed by atoms with Crippen molar-refractivity contribution in [2.24, 2.45) is 7.05 Å². The normalized spacial score (nSPS) is 11.6. The largest absolute Gasteiger partial charge is 0.484 e. The molecule has 29 heavy (non-hydrogen) atoms. The Morgan fingerprint density at radius 3 is 2.79 bits per heavy atom. The molecule has 1 N–H and O–H groups in total. The highest BCUT2D eigenvalue weighted by atomic mass is 16.5. The fourth-order valence-corrected chi connectivity index (χ4v) is 3.91. The van der Waals surface area contributed by atoms with Crippen molar-refractivity contribution in [2.45, 2.75) is 6.92 Å². The number of carbonyl (C=O) groups is 1. The third kappa shape index (κ3) is 3.63. The van der Waals surface area contributed by atoms with Crippen LogP contribution in [-0.4, -0.2) is 54.1 Å². The fourth-order valence-electron chi connectivity index (χ4n) is 3.91. The number of rotatable bonds is 6. The molecule has 0 bridgehead atoms. The van der Waals surface area contributed by atoms with Gasteiger partial charge in [-0.1, -0.05) is 0 Å². The predicted molar refractivity (Wildman–Crippen MR) is 118 cm³/mol. The number of fused-ring (bicyclic) bond motifs is 4. The average molecular weight is 390 g/mol. The van der Waals surface area contributed by atoms with Crippen LogP contribution in [0.3, 0.4) is 0 Å². The van der Waals surface area contributed by atoms with Crippen molar-refractivity contribution in [1.29, 1.82) is 0 Å². The monoisotopic (exact) mass is 390 g/mol. The molecular weight excluding hydrogens is 364 g/mol. The van der Waals surface area contributed by atoms with Crippen LogP contribution in [0.25, 0.3) is 32.6 Å². The molecule has 0 aliphatic rings. The molecule has 0 atom stereocenters. The summed E-state index contributed by atoms with van der Waals surface area (Å²) in [4.78, 5) is 18.3. The summed E-state index contributed by atoms with van der Waals surface area (Å²) in [6, 6.07) is 10.2. The van der Waals surface area contributed by atoms with Crippen LogP contribution in [0, 0.1) is 6.92 Å². The van der Waals surface area contributed by atoms with E-state index in [1.807, 2.05) is 43.5 Å². The van der Waals surface area contributed by atoms with E-state index in [0.717, 1.165) is 22.8 Å². The van der Waals surface area contributed by atoms with E-state index in [-0.39, 0.29) is 12.5 Å². The summed E-state index contributed by atoms with van der Waals surface area (Å²) in [6.07, 6.45) is 3.73. The minimum Gasteiger partial charge on any atom is -0.484 e. The van der Waals surface area contributed by atoms with E-state index in [0.29, 0.717) is 12.3 Å². The van der Waals surface area contributed by atoms with Gasteiger partial charge >= 0.3 is 0 Å². The second-order valence-electron chi connectivity index (χ2n) is 7.67. The van der Waals surface area contributed by atoms with E-state index in [9.17, 15) is 4.79 Å². The maximum atomic E-state index is 12.0. The third-order valence-electron chi connectivity index (χ3n) is 5.37. The van der Waals surface area contributed by atoms with Gasteiger partial charge in [0.15, 0.2) is 6.61 Å². The second-order valence-corrected chi connectivity index (χ2v) is 7.67. The molecule has 6 nitrogen and oxygen atoms in total. The number of likely N-dealkylation sites (N-methyl/N-ethyl adjacent to an activating group) is 1. The second kappa shape index (κ2) is 7.72. The summed E-state index contributed by atoms with van der Waals surface area (Å²) in [5, 5.41) is 7.48. The highest BCUT2D eigenvalue weighted by Gasteiger charge is 2.14. The highest BCUT2D eigenvalue weighted by Crippen LogP contribution is 2.36. The SMILES string of the molecule is Cc1c2ccncc2cc2c3cc(OCC(=O)NCCN(C)C)ccc3n(C)c12. The molecule has 6 heteroatoms. The molecule has 0 aliphatic carbocycles. The van der Waals surface area contributed by atoms with Gasteiger partial charge in [0, 0.05) is 54.2 Å². The van der Waals surface area contributed by atoms with Gasteiger partial charge in [0.1, 0.15) is 5.75 Å². The van der Waals surface area contributed by atoms with Crippen molar-refractivity contribution >= 4 is 38.5 Å². The summed E-state index contributed by atoms with van der Waals surface area (Å²) in [5.74, 6) is 0.578. The zero-order chi connectivity index (χ0) is 20.5. The predicted octanol–water partition coefficient (Wildman–Crippen LogP) is 3.24. The first-order valence-corrected chi connectivity index (χ1v) is 9.75. The molecule has 0 spiro atoms. The Kier molecular flexibility index (Phi) is 5.11. The molecule has 1 amide bonds. The third-order valence-corrected chi connectivity index (χ3v) is 5.37. The van der Waals surface area contributed by atoms with E-state index in [1.165, 1.54) is 21.9 Å². The van der Waals surface area contributed by atoms with E-state index < -0.39 is 0 Å². The number of nitrogens with zero attached hydrogens (tertiary/aromatic N) is 3. The minimum absolute atomic E-state index is 0.00950. The standard InChI is InChI=1S/C23H26N4O2/c1-15-18-7-8-24-13-16(18)11-20-19-12-17(5-6-21(19)27(4)23(15)20)29-14-22(28)25-9-10-26(2)3/h5-8,11-13H,9-10,14H2,1-4H3,(H,25,28). The average Bonchev–Trinajstić information content (AvgIpc) is 2.98. The van der Waals surface area contributed by atoms with E-state index >= 15 is 0 Å². The molecule has 2 heterocycles. The van der Waals surface area contributed by atoms with Gasteiger partial charge in [-0.3, -0.25) is 9.78 Å². The van der Waals surface area contributed by atoms with Crippen molar-refractivity contribution in [2.75, 3.05) is 33.8 Å². The van der Waals surface area contributed by atoms with E-state index in [4.69, 9.17) is 4.74 Å². The molecule has 150 valence electrons. The number of aromatic nitrogens is 2. The van der Waals surface area contributed by atoms with Crippen molar-refractivity contribution in [1.82, 2.24) is 19.8 Å². The van der Waals surface area contributed by atoms with Crippen molar-refractivity contribution in [3.63, 3.8) is 0 Å². The molecule has 0 radical (unpaired) electrons. The number of pyridine rings is 1. The summed E-state index contributed by atoms with van der Waals surface area (Å²) in [6.45, 7) is 3.57. The first-order valence-electron chi connectivity index (χ1n) is 9.75. The Labute approximate surface area is 170 Å². The lowest BCUT2D eigenvalue weighted by Gasteiger charge is -2.11. The lowest BCUT2D eigenvalue weighted by atomic mass is 10.0. The number of amides is 1. The number of hydrogen-bond acceptors (Lipinski definition) is 4. The van der Waals surface area contributed by atoms with Crippen molar-refractivity contribution < 1.29 is 9.53 Å². The smallest absolute Gasteiger partial charge is 0.257 e. The Hall–Kier alpha value is -3.12. The number of aryl methyl sites for hydroxylation is 2. The molecular formula is C23H26N4O2. The van der Waals surface area contributed by atoms with Crippen LogP contribution in [0.4, 0.5) is 0 Å². The first kappa shape index (κ1) is 19.2. The number of nitrogens with one attached hydrogen (secondary N) is 1. The van der Waals surface area contributed by atoms with Gasteiger partial charge in [-0.25, -0.2) is 0 Å². The number of hydrogen-bond donors (Lipinski definition) is 1. The lowest BCUT2D eigenvalue weighted by molar-refractivity contribution is -0.123. The summed E-state index contributed by atoms with van der Waals surface area (Å²) >= 11 is 0. The molecule has 0 fully saturated rings. The molecule has 4 rings (SSSR count). The van der Waals surface area contributed by atoms with Crippen molar-refractivity contribution in [3.8, 4) is 5.75 Å². The van der Waals surface area contributed by atoms with E-state index in [1.54, 1.807) is 0 Å². The van der Waals surface area contributed by atoms with Crippen LogP contribution in [0.1, 0.15) is 5.56 Å². The Morgan fingerprint density at radius 1 is 1.17 bits per heavy atom. The first-order chi connectivity index (χ1) is 14.0. The van der Waals surface area contributed by atoms with Crippen LogP contribution in [0.2, 0.25) is 0 Å². The van der Waals surface area contributed by atoms with Crippen molar-refractivity contribution in [3.05, 3.63) is 48.3 Å². The van der Waals surface area contributed by atoms with Gasteiger partial charge in [0.2, 0.25) is 0 Å². The zero-order valence-electron chi connectivity index (χ0n) is 17.3. The summed E-state index contributed by atoms with van der Waals surface area (Å²) in [5.41, 5.74) is 3.58. The van der Waals surface area contributed by atoms with Crippen LogP contribution in [0.15, 0.2) is 42.7 Å². The quantitative estimate of drug-likeness (QED) is 0.549. The summed E-state index contributed by atoms with van der Waals surface area (Å²) < 4.78 is 7.98. The molecule has 2 aromatic carbocycles. The maximum absolute atomic E-state index is 12.0. The van der Waals surface area contributed by atoms with Gasteiger partial charge in [0.25, 0.3) is 5.91 Å². The van der Waals surface area contributed by atoms with Crippen LogP contribution in [-0.2, 0) is 11.8 Å². The Morgan fingerprint density at radius 2 is 2.00 bits per heavy atom. The van der Waals surface area contributed by atoms with E-state index in [2.05, 4.69) is 47.0 Å². The highest BCUT2D eigenvalue weighted by molar-refractivity contribution is 6.14. The van der Waals surface area contributed by atoms with Gasteiger partial charge in [-0.15, -0.1) is 0 Å². The Balaban J connectivity index is 1.65. The molecule has 0 saturated carbocycles. The van der Waals surface area contributed by atoms with Gasteiger partial charge in [0.05, 0.1) is 5.52 Å². The number of ether oxygens (including phenoxy) is 1. The maximum Gasteiger partial charge on any atom is 0.257 e. The molecule has 0 saturated heterocycles.